The molecule has 5 rings (SSSR count). The van der Waals surface area contributed by atoms with E-state index in [1.165, 1.54) is 0 Å². The van der Waals surface area contributed by atoms with E-state index in [1.807, 2.05) is 30.5 Å². The van der Waals surface area contributed by atoms with Gasteiger partial charge in [0.05, 0.1) is 18.1 Å². The number of hydrogen-bond donors (Lipinski definition) is 3. The molecule has 3 aromatic carbocycles. The molecular formula is C29H26N2O5. The molecule has 0 saturated carbocycles. The number of carbonyl (C=O) groups excluding carboxylic acids is 1. The van der Waals surface area contributed by atoms with Crippen LogP contribution in [0.3, 0.4) is 0 Å². The Morgan fingerprint density at radius 1 is 1.03 bits per heavy atom. The Morgan fingerprint density at radius 3 is 2.53 bits per heavy atom. The quantitative estimate of drug-likeness (QED) is 0.274. The number of nitrogens with one attached hydrogen (secondary N) is 2. The first-order valence-electron chi connectivity index (χ1n) is 11.8. The second kappa shape index (κ2) is 10.00. The van der Waals surface area contributed by atoms with Crippen molar-refractivity contribution < 1.29 is 19.1 Å². The topological polar surface area (TPSA) is 105 Å². The maximum Gasteiger partial charge on any atom is 0.343 e. The second-order valence-electron chi connectivity index (χ2n) is 8.64. The van der Waals surface area contributed by atoms with Crippen LogP contribution in [-0.2, 0) is 11.2 Å². The van der Waals surface area contributed by atoms with Crippen molar-refractivity contribution in [1.29, 1.82) is 0 Å². The number of rotatable bonds is 8. The minimum absolute atomic E-state index is 0.0309. The van der Waals surface area contributed by atoms with Crippen molar-refractivity contribution in [2.45, 2.75) is 18.8 Å². The van der Waals surface area contributed by atoms with E-state index < -0.39 is 11.5 Å². The van der Waals surface area contributed by atoms with Crippen molar-refractivity contribution in [2.24, 2.45) is 0 Å². The first-order chi connectivity index (χ1) is 17.5. The first kappa shape index (κ1) is 23.2. The molecule has 5 aromatic rings. The number of methoxy groups -OCH3 is 1. The highest BCUT2D eigenvalue weighted by atomic mass is 16.5. The van der Waals surface area contributed by atoms with Gasteiger partial charge in [-0.2, -0.15) is 0 Å². The van der Waals surface area contributed by atoms with Gasteiger partial charge in [0.25, 0.3) is 0 Å². The average Bonchev–Trinajstić information content (AvgIpc) is 3.31. The second-order valence-corrected chi connectivity index (χ2v) is 8.64. The highest BCUT2D eigenvalue weighted by Crippen LogP contribution is 2.36. The lowest BCUT2D eigenvalue weighted by molar-refractivity contribution is -0.121. The van der Waals surface area contributed by atoms with Gasteiger partial charge < -0.3 is 24.6 Å². The summed E-state index contributed by atoms with van der Waals surface area (Å²) in [4.78, 5) is 29.3. The number of ether oxygens (including phenoxy) is 1. The van der Waals surface area contributed by atoms with Crippen LogP contribution in [0.1, 0.15) is 29.0 Å². The number of para-hydroxylation sites is 2. The van der Waals surface area contributed by atoms with Crippen molar-refractivity contribution >= 4 is 27.8 Å². The zero-order valence-electron chi connectivity index (χ0n) is 19.8. The van der Waals surface area contributed by atoms with Gasteiger partial charge in [-0.15, -0.1) is 0 Å². The van der Waals surface area contributed by atoms with Crippen LogP contribution < -0.4 is 15.7 Å². The van der Waals surface area contributed by atoms with Crippen molar-refractivity contribution in [2.75, 3.05) is 13.7 Å². The number of fused-ring (bicyclic) bond motifs is 2. The third-order valence-corrected chi connectivity index (χ3v) is 6.47. The molecule has 0 saturated heterocycles. The SMILES string of the molecule is COc1ccc([C@H](CC(=O)NCCc2c[nH]c3ccccc23)c2c(O)c3ccccc3oc2=O)cc1. The summed E-state index contributed by atoms with van der Waals surface area (Å²) >= 11 is 0. The Hall–Kier alpha value is -4.52. The fourth-order valence-corrected chi connectivity index (χ4v) is 4.61. The molecular weight excluding hydrogens is 456 g/mol. The van der Waals surface area contributed by atoms with Crippen LogP contribution >= 0.6 is 0 Å². The van der Waals surface area contributed by atoms with E-state index in [2.05, 4.69) is 10.3 Å². The number of aromatic amines is 1. The molecule has 0 bridgehead atoms. The lowest BCUT2D eigenvalue weighted by Gasteiger charge is -2.19. The molecule has 182 valence electrons. The van der Waals surface area contributed by atoms with E-state index in [0.717, 1.165) is 16.5 Å². The number of H-pyrrole nitrogens is 1. The van der Waals surface area contributed by atoms with Gasteiger partial charge >= 0.3 is 5.63 Å². The number of benzene rings is 3. The fraction of sp³-hybridized carbons (Fsp3) is 0.172. The summed E-state index contributed by atoms with van der Waals surface area (Å²) in [6, 6.07) is 21.9. The third kappa shape index (κ3) is 4.55. The molecule has 3 N–H and O–H groups in total. The highest BCUT2D eigenvalue weighted by molar-refractivity contribution is 5.85. The van der Waals surface area contributed by atoms with E-state index in [0.29, 0.717) is 35.2 Å². The molecule has 36 heavy (non-hydrogen) atoms. The molecule has 0 spiro atoms. The van der Waals surface area contributed by atoms with Gasteiger partial charge in [0.15, 0.2) is 0 Å². The van der Waals surface area contributed by atoms with Crippen LogP contribution in [0.5, 0.6) is 11.5 Å². The van der Waals surface area contributed by atoms with E-state index in [9.17, 15) is 14.7 Å². The standard InChI is InChI=1S/C29H26N2O5/c1-35-20-12-10-18(11-13-20)23(27-28(33)22-7-3-5-9-25(22)36-29(27)34)16-26(32)30-15-14-19-17-31-24-8-4-2-6-21(19)24/h2-13,17,23,31,33H,14-16H2,1H3,(H,30,32)/t23-/m0/s1. The van der Waals surface area contributed by atoms with Gasteiger partial charge in [0.1, 0.15) is 17.1 Å². The molecule has 0 unspecified atom stereocenters. The molecule has 0 radical (unpaired) electrons. The molecule has 2 aromatic heterocycles. The van der Waals surface area contributed by atoms with E-state index in [-0.39, 0.29) is 23.6 Å². The summed E-state index contributed by atoms with van der Waals surface area (Å²) < 4.78 is 10.7. The molecule has 7 heteroatoms. The molecule has 0 aliphatic rings. The molecule has 2 heterocycles. The van der Waals surface area contributed by atoms with Crippen LogP contribution in [0.4, 0.5) is 0 Å². The Kier molecular flexibility index (Phi) is 6.45. The van der Waals surface area contributed by atoms with Crippen molar-refractivity contribution in [3.63, 3.8) is 0 Å². The smallest absolute Gasteiger partial charge is 0.343 e. The van der Waals surface area contributed by atoms with E-state index >= 15 is 0 Å². The Balaban J connectivity index is 1.41. The third-order valence-electron chi connectivity index (χ3n) is 6.47. The maximum atomic E-state index is 13.0. The monoisotopic (exact) mass is 482 g/mol. The summed E-state index contributed by atoms with van der Waals surface area (Å²) in [5.74, 6) is -0.461. The highest BCUT2D eigenvalue weighted by Gasteiger charge is 2.27. The van der Waals surface area contributed by atoms with Gasteiger partial charge in [-0.05, 0) is 47.9 Å². The minimum Gasteiger partial charge on any atom is -0.507 e. The summed E-state index contributed by atoms with van der Waals surface area (Å²) in [6.07, 6.45) is 2.58. The summed E-state index contributed by atoms with van der Waals surface area (Å²) in [5, 5.41) is 15.6. The Morgan fingerprint density at radius 2 is 1.75 bits per heavy atom. The number of aromatic hydroxyl groups is 1. The van der Waals surface area contributed by atoms with Crippen LogP contribution in [-0.4, -0.2) is 29.7 Å². The van der Waals surface area contributed by atoms with E-state index in [1.54, 1.807) is 55.6 Å². The Bertz CT molecular complexity index is 1580. The maximum absolute atomic E-state index is 13.0. The van der Waals surface area contributed by atoms with Gasteiger partial charge in [-0.25, -0.2) is 4.79 Å². The number of aromatic nitrogens is 1. The zero-order valence-corrected chi connectivity index (χ0v) is 19.8. The predicted molar refractivity (Wildman–Crippen MR) is 139 cm³/mol. The summed E-state index contributed by atoms with van der Waals surface area (Å²) in [5.41, 5.74) is 2.55. The molecule has 1 amide bonds. The number of hydrogen-bond acceptors (Lipinski definition) is 5. The summed E-state index contributed by atoms with van der Waals surface area (Å²) in [6.45, 7) is 0.439. The van der Waals surface area contributed by atoms with Gasteiger partial charge in [-0.3, -0.25) is 4.79 Å². The van der Waals surface area contributed by atoms with Crippen LogP contribution in [0, 0.1) is 0 Å². The van der Waals surface area contributed by atoms with E-state index in [4.69, 9.17) is 9.15 Å². The van der Waals surface area contributed by atoms with Gasteiger partial charge in [0, 0.05) is 36.0 Å². The van der Waals surface area contributed by atoms with Crippen LogP contribution in [0.2, 0.25) is 0 Å². The minimum atomic E-state index is -0.704. The van der Waals surface area contributed by atoms with Crippen LogP contribution in [0.25, 0.3) is 21.9 Å². The predicted octanol–water partition coefficient (Wildman–Crippen LogP) is 4.87. The molecule has 0 fully saturated rings. The van der Waals surface area contributed by atoms with Crippen LogP contribution in [0.15, 0.2) is 88.2 Å². The Labute approximate surface area is 207 Å². The average molecular weight is 483 g/mol. The number of amides is 1. The molecule has 0 aliphatic carbocycles. The van der Waals surface area contributed by atoms with Crippen molar-refractivity contribution in [3.8, 4) is 11.5 Å². The van der Waals surface area contributed by atoms with Crippen molar-refractivity contribution in [1.82, 2.24) is 10.3 Å². The molecule has 1 atom stereocenters. The molecule has 7 nitrogen and oxygen atoms in total. The van der Waals surface area contributed by atoms with Gasteiger partial charge in [0.2, 0.25) is 5.91 Å². The summed E-state index contributed by atoms with van der Waals surface area (Å²) in [7, 11) is 1.57. The number of carbonyl (C=O) groups is 1. The largest absolute Gasteiger partial charge is 0.507 e. The first-order valence-corrected chi connectivity index (χ1v) is 11.8. The zero-order chi connectivity index (χ0) is 25.1. The fourth-order valence-electron chi connectivity index (χ4n) is 4.61. The van der Waals surface area contributed by atoms with Gasteiger partial charge in [-0.1, -0.05) is 42.5 Å². The molecule has 0 aliphatic heterocycles. The normalized spacial score (nSPS) is 12.0. The van der Waals surface area contributed by atoms with Crippen molar-refractivity contribution in [3.05, 3.63) is 106 Å². The lowest BCUT2D eigenvalue weighted by Crippen LogP contribution is -2.28. The lowest BCUT2D eigenvalue weighted by atomic mass is 9.88.